The molecule has 0 atom stereocenters. The zero-order valence-corrected chi connectivity index (χ0v) is 19.1. The van der Waals surface area contributed by atoms with Gasteiger partial charge in [0.25, 0.3) is 0 Å². The third-order valence-electron chi connectivity index (χ3n) is 5.98. The zero-order valence-electron chi connectivity index (χ0n) is 18.3. The van der Waals surface area contributed by atoms with Gasteiger partial charge in [-0.25, -0.2) is 8.42 Å². The molecule has 0 aromatic heterocycles. The second-order valence-electron chi connectivity index (χ2n) is 8.73. The van der Waals surface area contributed by atoms with Crippen LogP contribution in [0.4, 0.5) is 0 Å². The molecule has 0 bridgehead atoms. The summed E-state index contributed by atoms with van der Waals surface area (Å²) in [5.74, 6) is -0.323. The molecular formula is C24H30N2O4S. The maximum absolute atomic E-state index is 12.9. The number of hydrogen-bond acceptors (Lipinski definition) is 4. The highest BCUT2D eigenvalue weighted by atomic mass is 32.2. The summed E-state index contributed by atoms with van der Waals surface area (Å²) in [6.45, 7) is 6.76. The van der Waals surface area contributed by atoms with Crippen molar-refractivity contribution in [3.63, 3.8) is 0 Å². The van der Waals surface area contributed by atoms with Crippen LogP contribution < -0.4 is 5.32 Å². The Hall–Kier alpha value is -2.51. The van der Waals surface area contributed by atoms with Crippen molar-refractivity contribution in [3.05, 3.63) is 65.7 Å². The highest BCUT2D eigenvalue weighted by Gasteiger charge is 2.32. The fourth-order valence-corrected chi connectivity index (χ4v) is 5.28. The van der Waals surface area contributed by atoms with Crippen LogP contribution in [0.15, 0.2) is 59.5 Å². The minimum Gasteiger partial charge on any atom is -0.355 e. The lowest BCUT2D eigenvalue weighted by atomic mass is 9.84. The van der Waals surface area contributed by atoms with E-state index in [4.69, 9.17) is 0 Å². The molecule has 1 saturated heterocycles. The van der Waals surface area contributed by atoms with Gasteiger partial charge in [0, 0.05) is 36.5 Å². The molecule has 0 aliphatic carbocycles. The topological polar surface area (TPSA) is 83.6 Å². The van der Waals surface area contributed by atoms with Crippen LogP contribution in [0.5, 0.6) is 0 Å². The second-order valence-corrected chi connectivity index (χ2v) is 10.7. The average Bonchev–Trinajstić information content (AvgIpc) is 2.78. The Kier molecular flexibility index (Phi) is 6.96. The minimum atomic E-state index is -3.63. The van der Waals surface area contributed by atoms with Gasteiger partial charge in [-0.15, -0.1) is 0 Å². The van der Waals surface area contributed by atoms with Gasteiger partial charge >= 0.3 is 0 Å². The van der Waals surface area contributed by atoms with Gasteiger partial charge in [0.1, 0.15) is 0 Å². The van der Waals surface area contributed by atoms with Crippen molar-refractivity contribution in [2.45, 2.75) is 43.9 Å². The molecule has 0 saturated carbocycles. The Morgan fingerprint density at radius 1 is 1.00 bits per heavy atom. The first-order valence-electron chi connectivity index (χ1n) is 10.6. The first-order valence-corrected chi connectivity index (χ1v) is 12.0. The van der Waals surface area contributed by atoms with Crippen LogP contribution in [0.25, 0.3) is 0 Å². The molecule has 1 N–H and O–H groups in total. The van der Waals surface area contributed by atoms with Crippen molar-refractivity contribution >= 4 is 21.7 Å². The summed E-state index contributed by atoms with van der Waals surface area (Å²) in [5, 5.41) is 3.05. The van der Waals surface area contributed by atoms with Crippen LogP contribution >= 0.6 is 0 Å². The summed E-state index contributed by atoms with van der Waals surface area (Å²) in [4.78, 5) is 24.3. The molecule has 3 rings (SSSR count). The summed E-state index contributed by atoms with van der Waals surface area (Å²) in [6.07, 6.45) is 0.977. The van der Waals surface area contributed by atoms with Crippen LogP contribution in [0.1, 0.15) is 49.5 Å². The second kappa shape index (κ2) is 9.32. The van der Waals surface area contributed by atoms with E-state index in [2.05, 4.69) is 31.3 Å². The molecule has 1 heterocycles. The van der Waals surface area contributed by atoms with Gasteiger partial charge in [0.05, 0.1) is 4.90 Å². The van der Waals surface area contributed by atoms with Crippen molar-refractivity contribution in [3.8, 4) is 0 Å². The molecular weight excluding hydrogens is 412 g/mol. The van der Waals surface area contributed by atoms with Crippen LogP contribution in [0, 0.1) is 5.92 Å². The van der Waals surface area contributed by atoms with Gasteiger partial charge in [-0.05, 0) is 37.5 Å². The Morgan fingerprint density at radius 2 is 1.58 bits per heavy atom. The van der Waals surface area contributed by atoms with Crippen LogP contribution in [0.3, 0.4) is 0 Å². The number of hydrogen-bond donors (Lipinski definition) is 1. The van der Waals surface area contributed by atoms with E-state index in [0.717, 1.165) is 5.56 Å². The van der Waals surface area contributed by atoms with E-state index in [-0.39, 0.29) is 27.9 Å². The summed E-state index contributed by atoms with van der Waals surface area (Å²) >= 11 is 0. The number of carbonyl (C=O) groups is 2. The molecule has 7 heteroatoms. The van der Waals surface area contributed by atoms with Gasteiger partial charge in [0.15, 0.2) is 5.78 Å². The SMILES string of the molecule is CC(=O)c1ccc(S(=O)(=O)N2CCC(C(=O)NCC(C)(C)c3ccccc3)CC2)cc1. The van der Waals surface area contributed by atoms with E-state index in [9.17, 15) is 18.0 Å². The van der Waals surface area contributed by atoms with Gasteiger partial charge in [-0.1, -0.05) is 56.3 Å². The lowest BCUT2D eigenvalue weighted by Gasteiger charge is -2.32. The highest BCUT2D eigenvalue weighted by molar-refractivity contribution is 7.89. The highest BCUT2D eigenvalue weighted by Crippen LogP contribution is 2.26. The van der Waals surface area contributed by atoms with Gasteiger partial charge in [-0.3, -0.25) is 9.59 Å². The van der Waals surface area contributed by atoms with E-state index >= 15 is 0 Å². The maximum atomic E-state index is 12.9. The first kappa shape index (κ1) is 23.2. The van der Waals surface area contributed by atoms with Gasteiger partial charge in [-0.2, -0.15) is 4.31 Å². The molecule has 1 fully saturated rings. The van der Waals surface area contributed by atoms with E-state index in [0.29, 0.717) is 38.0 Å². The largest absolute Gasteiger partial charge is 0.355 e. The molecule has 6 nitrogen and oxygen atoms in total. The number of nitrogens with one attached hydrogen (secondary N) is 1. The predicted molar refractivity (Wildman–Crippen MR) is 120 cm³/mol. The van der Waals surface area contributed by atoms with Crippen LogP contribution in [0.2, 0.25) is 0 Å². The first-order chi connectivity index (χ1) is 14.6. The number of benzene rings is 2. The van der Waals surface area contributed by atoms with Gasteiger partial charge in [0.2, 0.25) is 15.9 Å². The summed E-state index contributed by atoms with van der Waals surface area (Å²) in [6, 6.07) is 16.1. The van der Waals surface area contributed by atoms with E-state index in [1.807, 2.05) is 18.2 Å². The molecule has 2 aromatic carbocycles. The Labute approximate surface area is 184 Å². The van der Waals surface area contributed by atoms with Crippen molar-refractivity contribution in [1.29, 1.82) is 0 Å². The Bertz CT molecular complexity index is 1020. The van der Waals surface area contributed by atoms with Crippen LogP contribution in [-0.2, 0) is 20.2 Å². The van der Waals surface area contributed by atoms with Crippen LogP contribution in [-0.4, -0.2) is 44.0 Å². The fourth-order valence-electron chi connectivity index (χ4n) is 3.81. The summed E-state index contributed by atoms with van der Waals surface area (Å²) in [5.41, 5.74) is 1.45. The molecule has 166 valence electrons. The molecule has 1 aliphatic rings. The lowest BCUT2D eigenvalue weighted by molar-refractivity contribution is -0.126. The third-order valence-corrected chi connectivity index (χ3v) is 7.90. The lowest BCUT2D eigenvalue weighted by Crippen LogP contribution is -2.45. The van der Waals surface area contributed by atoms with E-state index < -0.39 is 10.0 Å². The summed E-state index contributed by atoms with van der Waals surface area (Å²) in [7, 11) is -3.63. The fraction of sp³-hybridized carbons (Fsp3) is 0.417. The minimum absolute atomic E-state index is 0.0214. The number of ketones is 1. The van der Waals surface area contributed by atoms with Crippen molar-refractivity contribution in [2.75, 3.05) is 19.6 Å². The Morgan fingerprint density at radius 3 is 2.13 bits per heavy atom. The van der Waals surface area contributed by atoms with Crippen molar-refractivity contribution in [2.24, 2.45) is 5.92 Å². The smallest absolute Gasteiger partial charge is 0.243 e. The van der Waals surface area contributed by atoms with Crippen molar-refractivity contribution < 1.29 is 18.0 Å². The maximum Gasteiger partial charge on any atom is 0.243 e. The quantitative estimate of drug-likeness (QED) is 0.667. The molecule has 1 aliphatic heterocycles. The van der Waals surface area contributed by atoms with Gasteiger partial charge < -0.3 is 5.32 Å². The molecule has 1 amide bonds. The number of amides is 1. The number of sulfonamides is 1. The number of Topliss-reactive ketones (excluding diaryl/α,β-unsaturated/α-hetero) is 1. The molecule has 2 aromatic rings. The zero-order chi connectivity index (χ0) is 22.6. The summed E-state index contributed by atoms with van der Waals surface area (Å²) < 4.78 is 27.2. The number of carbonyl (C=O) groups excluding carboxylic acids is 2. The van der Waals surface area contributed by atoms with E-state index in [1.165, 1.54) is 35.5 Å². The monoisotopic (exact) mass is 442 g/mol. The molecule has 0 spiro atoms. The number of rotatable bonds is 7. The molecule has 31 heavy (non-hydrogen) atoms. The third kappa shape index (κ3) is 5.40. The van der Waals surface area contributed by atoms with Crippen molar-refractivity contribution in [1.82, 2.24) is 9.62 Å². The Balaban J connectivity index is 1.56. The number of piperidine rings is 1. The molecule has 0 radical (unpaired) electrons. The number of nitrogens with zero attached hydrogens (tertiary/aromatic N) is 1. The standard InChI is InChI=1S/C24H30N2O4S/c1-18(27)19-9-11-22(12-10-19)31(29,30)26-15-13-20(14-16-26)23(28)25-17-24(2,3)21-7-5-4-6-8-21/h4-12,20H,13-17H2,1-3H3,(H,25,28). The predicted octanol–water partition coefficient (Wildman–Crippen LogP) is 3.38. The normalized spacial score (nSPS) is 16.1. The molecule has 0 unspecified atom stereocenters. The van der Waals surface area contributed by atoms with E-state index in [1.54, 1.807) is 0 Å². The average molecular weight is 443 g/mol.